The molecule has 0 unspecified atom stereocenters. The number of fused-ring (bicyclic) bond motifs is 1. The molecule has 0 atom stereocenters. The highest BCUT2D eigenvalue weighted by atomic mass is 35.5. The van der Waals surface area contributed by atoms with Crippen molar-refractivity contribution in [1.29, 1.82) is 0 Å². The fraction of sp³-hybridized carbons (Fsp3) is 0.417. The van der Waals surface area contributed by atoms with E-state index >= 15 is 0 Å². The number of aryl methyl sites for hydroxylation is 2. The number of rotatable bonds is 9. The average Bonchev–Trinajstić information content (AvgIpc) is 3.23. The zero-order valence-corrected chi connectivity index (χ0v) is 21.2. The molecule has 0 aliphatic carbocycles. The molecule has 3 rings (SSSR count). The van der Waals surface area contributed by atoms with Gasteiger partial charge in [0, 0.05) is 24.7 Å². The number of methoxy groups -OCH3 is 2. The molecule has 3 aromatic rings. The smallest absolute Gasteiger partial charge is 0.260 e. The summed E-state index contributed by atoms with van der Waals surface area (Å²) < 4.78 is 11.8. The lowest BCUT2D eigenvalue weighted by molar-refractivity contribution is 0.0983. The second-order valence-electron chi connectivity index (χ2n) is 7.44. The van der Waals surface area contributed by atoms with Crippen LogP contribution in [0.5, 0.6) is 11.5 Å². The summed E-state index contributed by atoms with van der Waals surface area (Å²) in [5, 5.41) is 0.711. The SMILES string of the molecule is CCN(CC)CCN(C(=O)c1cc(OC)cc(OC)c1)c1nc2c(C)c(C)ccc2s1.Cl. The van der Waals surface area contributed by atoms with E-state index in [0.29, 0.717) is 28.7 Å². The largest absolute Gasteiger partial charge is 0.497 e. The van der Waals surface area contributed by atoms with Gasteiger partial charge in [-0.3, -0.25) is 9.69 Å². The maximum atomic E-state index is 13.7. The summed E-state index contributed by atoms with van der Waals surface area (Å²) in [4.78, 5) is 22.6. The summed E-state index contributed by atoms with van der Waals surface area (Å²) in [7, 11) is 3.17. The van der Waals surface area contributed by atoms with E-state index in [-0.39, 0.29) is 18.3 Å². The fourth-order valence-electron chi connectivity index (χ4n) is 3.48. The normalized spacial score (nSPS) is 10.8. The molecule has 0 saturated carbocycles. The monoisotopic (exact) mass is 477 g/mol. The van der Waals surface area contributed by atoms with Gasteiger partial charge in [0.05, 0.1) is 24.4 Å². The number of nitrogens with zero attached hydrogens (tertiary/aromatic N) is 3. The number of halogens is 1. The number of anilines is 1. The van der Waals surface area contributed by atoms with E-state index in [1.165, 1.54) is 5.56 Å². The summed E-state index contributed by atoms with van der Waals surface area (Å²) >= 11 is 1.55. The Morgan fingerprint density at radius 3 is 2.19 bits per heavy atom. The first-order valence-corrected chi connectivity index (χ1v) is 11.4. The number of likely N-dealkylation sites (N-methyl/N-ethyl adjacent to an activating group) is 1. The maximum Gasteiger partial charge on any atom is 0.260 e. The van der Waals surface area contributed by atoms with Crippen molar-refractivity contribution in [3.05, 3.63) is 47.0 Å². The van der Waals surface area contributed by atoms with Crippen LogP contribution in [0, 0.1) is 13.8 Å². The zero-order chi connectivity index (χ0) is 22.5. The summed E-state index contributed by atoms with van der Waals surface area (Å²) in [5.74, 6) is 1.06. The second-order valence-corrected chi connectivity index (χ2v) is 8.44. The molecule has 1 aromatic heterocycles. The number of hydrogen-bond donors (Lipinski definition) is 0. The molecule has 0 aliphatic rings. The van der Waals surface area contributed by atoms with Crippen LogP contribution in [0.25, 0.3) is 10.2 Å². The fourth-order valence-corrected chi connectivity index (χ4v) is 4.53. The van der Waals surface area contributed by atoms with Crippen LogP contribution in [0.3, 0.4) is 0 Å². The minimum Gasteiger partial charge on any atom is -0.497 e. The average molecular weight is 478 g/mol. The lowest BCUT2D eigenvalue weighted by Crippen LogP contribution is -2.38. The molecule has 32 heavy (non-hydrogen) atoms. The Kier molecular flexibility index (Phi) is 9.31. The number of hydrogen-bond acceptors (Lipinski definition) is 6. The van der Waals surface area contributed by atoms with Gasteiger partial charge in [0.15, 0.2) is 5.13 Å². The van der Waals surface area contributed by atoms with Crippen LogP contribution in [-0.2, 0) is 0 Å². The van der Waals surface area contributed by atoms with Gasteiger partial charge in [-0.15, -0.1) is 12.4 Å². The number of amides is 1. The molecule has 0 radical (unpaired) electrons. The molecule has 8 heteroatoms. The molecule has 174 valence electrons. The highest BCUT2D eigenvalue weighted by molar-refractivity contribution is 7.22. The lowest BCUT2D eigenvalue weighted by Gasteiger charge is -2.25. The van der Waals surface area contributed by atoms with E-state index < -0.39 is 0 Å². The molecule has 0 aliphatic heterocycles. The van der Waals surface area contributed by atoms with E-state index in [2.05, 4.69) is 44.7 Å². The summed E-state index contributed by atoms with van der Waals surface area (Å²) in [6, 6.07) is 9.45. The Labute approximate surface area is 200 Å². The Morgan fingerprint density at radius 2 is 1.62 bits per heavy atom. The highest BCUT2D eigenvalue weighted by Crippen LogP contribution is 2.33. The van der Waals surface area contributed by atoms with Crippen molar-refractivity contribution in [2.45, 2.75) is 27.7 Å². The number of carbonyl (C=O) groups is 1. The van der Waals surface area contributed by atoms with Gasteiger partial charge >= 0.3 is 0 Å². The Bertz CT molecular complexity index is 1040. The van der Waals surface area contributed by atoms with Crippen molar-refractivity contribution in [2.24, 2.45) is 0 Å². The van der Waals surface area contributed by atoms with Crippen LogP contribution in [-0.4, -0.2) is 56.2 Å². The number of thiazole rings is 1. The predicted molar refractivity (Wildman–Crippen MR) is 135 cm³/mol. The summed E-state index contributed by atoms with van der Waals surface area (Å²) in [6.45, 7) is 11.6. The molecule has 1 heterocycles. The first-order valence-electron chi connectivity index (χ1n) is 10.6. The van der Waals surface area contributed by atoms with Crippen molar-refractivity contribution >= 4 is 45.0 Å². The van der Waals surface area contributed by atoms with Crippen molar-refractivity contribution < 1.29 is 14.3 Å². The third kappa shape index (κ3) is 5.52. The van der Waals surface area contributed by atoms with E-state index in [4.69, 9.17) is 14.5 Å². The van der Waals surface area contributed by atoms with E-state index in [0.717, 1.165) is 35.4 Å². The molecule has 1 amide bonds. The number of carbonyl (C=O) groups excluding carboxylic acids is 1. The summed E-state index contributed by atoms with van der Waals surface area (Å²) in [6.07, 6.45) is 0. The van der Waals surface area contributed by atoms with Crippen molar-refractivity contribution in [2.75, 3.05) is 45.3 Å². The van der Waals surface area contributed by atoms with Crippen LogP contribution in [0.1, 0.15) is 35.3 Å². The van der Waals surface area contributed by atoms with Gasteiger partial charge in [-0.1, -0.05) is 31.3 Å². The molecular formula is C24H32ClN3O3S. The van der Waals surface area contributed by atoms with Crippen molar-refractivity contribution in [3.8, 4) is 11.5 Å². The van der Waals surface area contributed by atoms with Gasteiger partial charge in [-0.2, -0.15) is 0 Å². The Hall–Kier alpha value is -2.35. The molecule has 0 spiro atoms. The lowest BCUT2D eigenvalue weighted by atomic mass is 10.1. The zero-order valence-electron chi connectivity index (χ0n) is 19.6. The molecular weight excluding hydrogens is 446 g/mol. The molecule has 0 bridgehead atoms. The van der Waals surface area contributed by atoms with Crippen molar-refractivity contribution in [1.82, 2.24) is 9.88 Å². The standard InChI is InChI=1S/C24H31N3O3S.ClH/c1-7-26(8-2)11-12-27(23(28)18-13-19(29-5)15-20(14-18)30-6)24-25-22-17(4)16(3)9-10-21(22)31-24;/h9-10,13-15H,7-8,11-12H2,1-6H3;1H. The van der Waals surface area contributed by atoms with Gasteiger partial charge in [0.1, 0.15) is 11.5 Å². The second kappa shape index (κ2) is 11.5. The maximum absolute atomic E-state index is 13.7. The quantitative estimate of drug-likeness (QED) is 0.416. The van der Waals surface area contributed by atoms with Crippen LogP contribution in [0.15, 0.2) is 30.3 Å². The van der Waals surface area contributed by atoms with Crippen LogP contribution < -0.4 is 14.4 Å². The van der Waals surface area contributed by atoms with E-state index in [1.807, 2.05) is 0 Å². The van der Waals surface area contributed by atoms with Gasteiger partial charge in [-0.25, -0.2) is 4.98 Å². The van der Waals surface area contributed by atoms with E-state index in [1.54, 1.807) is 48.7 Å². The van der Waals surface area contributed by atoms with Crippen LogP contribution >= 0.6 is 23.7 Å². The first-order chi connectivity index (χ1) is 14.9. The minimum atomic E-state index is -0.113. The van der Waals surface area contributed by atoms with Gasteiger partial charge < -0.3 is 14.4 Å². The van der Waals surface area contributed by atoms with Crippen LogP contribution in [0.4, 0.5) is 5.13 Å². The summed E-state index contributed by atoms with van der Waals surface area (Å²) in [5.41, 5.74) is 3.83. The third-order valence-electron chi connectivity index (χ3n) is 5.68. The van der Waals surface area contributed by atoms with Gasteiger partial charge in [-0.05, 0) is 56.3 Å². The first kappa shape index (κ1) is 25.9. The number of ether oxygens (including phenoxy) is 2. The third-order valence-corrected chi connectivity index (χ3v) is 6.73. The molecule has 0 N–H and O–H groups in total. The minimum absolute atomic E-state index is 0. The molecule has 0 saturated heterocycles. The number of benzene rings is 2. The van der Waals surface area contributed by atoms with Crippen LogP contribution in [0.2, 0.25) is 0 Å². The molecule has 6 nitrogen and oxygen atoms in total. The van der Waals surface area contributed by atoms with Gasteiger partial charge in [0.2, 0.25) is 0 Å². The number of aromatic nitrogens is 1. The topological polar surface area (TPSA) is 54.9 Å². The highest BCUT2D eigenvalue weighted by Gasteiger charge is 2.23. The molecule has 2 aromatic carbocycles. The Morgan fingerprint density at radius 1 is 1.00 bits per heavy atom. The predicted octanol–water partition coefficient (Wildman–Crippen LogP) is 5.34. The van der Waals surface area contributed by atoms with E-state index in [9.17, 15) is 4.79 Å². The van der Waals surface area contributed by atoms with Gasteiger partial charge in [0.25, 0.3) is 5.91 Å². The van der Waals surface area contributed by atoms with Crippen molar-refractivity contribution in [3.63, 3.8) is 0 Å². The molecule has 0 fully saturated rings. The Balaban J connectivity index is 0.00000363.